The van der Waals surface area contributed by atoms with E-state index >= 15 is 0 Å². The van der Waals surface area contributed by atoms with Crippen molar-refractivity contribution in [2.45, 2.75) is 6.54 Å². The number of nitro groups is 1. The molecule has 0 aliphatic heterocycles. The zero-order valence-corrected chi connectivity index (χ0v) is 11.5. The molecule has 0 aromatic heterocycles. The third kappa shape index (κ3) is 3.70. The Hall–Kier alpha value is -2.60. The lowest BCUT2D eigenvalue weighted by molar-refractivity contribution is -0.385. The van der Waals surface area contributed by atoms with Crippen LogP contribution < -0.4 is 5.32 Å². The van der Waals surface area contributed by atoms with Gasteiger partial charge in [-0.2, -0.15) is 0 Å². The molecule has 2 aromatic carbocycles. The summed E-state index contributed by atoms with van der Waals surface area (Å²) in [6, 6.07) is 11.1. The molecular formula is C14H11ClN2O4. The molecule has 2 rings (SSSR count). The van der Waals surface area contributed by atoms with E-state index in [0.29, 0.717) is 17.3 Å². The summed E-state index contributed by atoms with van der Waals surface area (Å²) in [5, 5.41) is 23.4. The first-order valence-corrected chi connectivity index (χ1v) is 6.35. The number of nitro benzene ring substituents is 1. The summed E-state index contributed by atoms with van der Waals surface area (Å²) >= 11 is 5.78. The highest BCUT2D eigenvalue weighted by Gasteiger charge is 2.19. The van der Waals surface area contributed by atoms with Crippen LogP contribution in [0.4, 0.5) is 11.4 Å². The lowest BCUT2D eigenvalue weighted by Gasteiger charge is -2.08. The Morgan fingerprint density at radius 1 is 1.24 bits per heavy atom. The fraction of sp³-hybridized carbons (Fsp3) is 0.0714. The molecular weight excluding hydrogens is 296 g/mol. The molecule has 21 heavy (non-hydrogen) atoms. The average molecular weight is 307 g/mol. The van der Waals surface area contributed by atoms with Gasteiger partial charge in [-0.1, -0.05) is 23.7 Å². The van der Waals surface area contributed by atoms with Crippen molar-refractivity contribution >= 4 is 28.9 Å². The molecule has 0 spiro atoms. The number of carboxylic acid groups (broad SMARTS) is 1. The van der Waals surface area contributed by atoms with Crippen LogP contribution in [0.2, 0.25) is 5.02 Å². The van der Waals surface area contributed by atoms with Crippen molar-refractivity contribution in [3.63, 3.8) is 0 Å². The van der Waals surface area contributed by atoms with Gasteiger partial charge in [0.05, 0.1) is 4.92 Å². The molecule has 0 amide bonds. The van der Waals surface area contributed by atoms with Gasteiger partial charge >= 0.3 is 5.97 Å². The molecule has 0 aliphatic carbocycles. The van der Waals surface area contributed by atoms with Crippen molar-refractivity contribution in [2.24, 2.45) is 0 Å². The summed E-state index contributed by atoms with van der Waals surface area (Å²) in [6.45, 7) is 0.452. The molecule has 0 bridgehead atoms. The second-order valence-corrected chi connectivity index (χ2v) is 4.71. The van der Waals surface area contributed by atoms with Gasteiger partial charge in [0.15, 0.2) is 0 Å². The van der Waals surface area contributed by atoms with Gasteiger partial charge in [0.1, 0.15) is 5.56 Å². The Bertz CT molecular complexity index is 686. The number of hydrogen-bond donors (Lipinski definition) is 2. The summed E-state index contributed by atoms with van der Waals surface area (Å²) in [6.07, 6.45) is 0. The molecule has 0 fully saturated rings. The number of hydrogen-bond acceptors (Lipinski definition) is 4. The van der Waals surface area contributed by atoms with E-state index in [1.54, 1.807) is 12.1 Å². The Morgan fingerprint density at radius 2 is 1.90 bits per heavy atom. The predicted octanol–water partition coefficient (Wildman–Crippen LogP) is 3.56. The number of nitrogens with one attached hydrogen (secondary N) is 1. The van der Waals surface area contributed by atoms with Crippen LogP contribution in [0.3, 0.4) is 0 Å². The van der Waals surface area contributed by atoms with E-state index in [0.717, 1.165) is 5.56 Å². The molecule has 0 aliphatic rings. The molecule has 0 saturated heterocycles. The van der Waals surface area contributed by atoms with Crippen molar-refractivity contribution < 1.29 is 14.8 Å². The normalized spacial score (nSPS) is 10.1. The van der Waals surface area contributed by atoms with E-state index in [4.69, 9.17) is 16.7 Å². The summed E-state index contributed by atoms with van der Waals surface area (Å²) in [4.78, 5) is 21.1. The van der Waals surface area contributed by atoms with Crippen LogP contribution >= 0.6 is 11.6 Å². The van der Waals surface area contributed by atoms with Gasteiger partial charge in [0.2, 0.25) is 0 Å². The third-order valence-corrected chi connectivity index (χ3v) is 3.09. The van der Waals surface area contributed by atoms with Gasteiger partial charge in [0.25, 0.3) is 5.69 Å². The molecule has 2 N–H and O–H groups in total. The maximum absolute atomic E-state index is 11.0. The molecule has 0 unspecified atom stereocenters. The predicted molar refractivity (Wildman–Crippen MR) is 78.8 cm³/mol. The van der Waals surface area contributed by atoms with E-state index in [2.05, 4.69) is 5.32 Å². The van der Waals surface area contributed by atoms with Crippen LogP contribution in [0.25, 0.3) is 0 Å². The number of rotatable bonds is 5. The highest BCUT2D eigenvalue weighted by Crippen LogP contribution is 2.23. The summed E-state index contributed by atoms with van der Waals surface area (Å²) in [5.74, 6) is -1.34. The van der Waals surface area contributed by atoms with Crippen LogP contribution in [-0.2, 0) is 6.54 Å². The Labute approximate surface area is 125 Å². The second kappa shape index (κ2) is 6.23. The quantitative estimate of drug-likeness (QED) is 0.651. The van der Waals surface area contributed by atoms with Crippen molar-refractivity contribution in [3.05, 3.63) is 68.7 Å². The second-order valence-electron chi connectivity index (χ2n) is 4.27. The van der Waals surface area contributed by atoms with Crippen molar-refractivity contribution in [1.29, 1.82) is 0 Å². The number of aromatic carboxylic acids is 1. The van der Waals surface area contributed by atoms with Gasteiger partial charge in [-0.3, -0.25) is 10.1 Å². The van der Waals surface area contributed by atoms with E-state index in [-0.39, 0.29) is 5.56 Å². The molecule has 108 valence electrons. The lowest BCUT2D eigenvalue weighted by Crippen LogP contribution is -2.05. The molecule has 0 atom stereocenters. The summed E-state index contributed by atoms with van der Waals surface area (Å²) in [7, 11) is 0. The van der Waals surface area contributed by atoms with Crippen LogP contribution in [0.5, 0.6) is 0 Å². The number of anilines is 1. The fourth-order valence-corrected chi connectivity index (χ4v) is 1.91. The molecule has 7 heteroatoms. The van der Waals surface area contributed by atoms with Crippen LogP contribution in [-0.4, -0.2) is 16.0 Å². The highest BCUT2D eigenvalue weighted by molar-refractivity contribution is 6.30. The number of benzene rings is 2. The van der Waals surface area contributed by atoms with E-state index in [1.165, 1.54) is 18.2 Å². The van der Waals surface area contributed by atoms with Gasteiger partial charge in [-0.05, 0) is 29.8 Å². The zero-order valence-electron chi connectivity index (χ0n) is 10.7. The minimum absolute atomic E-state index is 0.346. The number of nitrogens with zero attached hydrogens (tertiary/aromatic N) is 1. The van der Waals surface area contributed by atoms with Crippen molar-refractivity contribution in [1.82, 2.24) is 0 Å². The van der Waals surface area contributed by atoms with Crippen molar-refractivity contribution in [3.8, 4) is 0 Å². The molecule has 0 saturated carbocycles. The number of halogens is 1. The molecule has 0 radical (unpaired) electrons. The largest absolute Gasteiger partial charge is 0.477 e. The SMILES string of the molecule is O=C(O)c1cc(NCc2ccc(Cl)cc2)ccc1[N+](=O)[O-]. The topological polar surface area (TPSA) is 92.5 Å². The van der Waals surface area contributed by atoms with E-state index in [1.807, 2.05) is 12.1 Å². The highest BCUT2D eigenvalue weighted by atomic mass is 35.5. The van der Waals surface area contributed by atoms with Gasteiger partial charge in [0, 0.05) is 23.3 Å². The van der Waals surface area contributed by atoms with Crippen LogP contribution in [0.1, 0.15) is 15.9 Å². The average Bonchev–Trinajstić information content (AvgIpc) is 2.46. The Morgan fingerprint density at radius 3 is 2.48 bits per heavy atom. The minimum atomic E-state index is -1.34. The van der Waals surface area contributed by atoms with Crippen molar-refractivity contribution in [2.75, 3.05) is 5.32 Å². The standard InChI is InChI=1S/C14H11ClN2O4/c15-10-3-1-9(2-4-10)8-16-11-5-6-13(17(20)21)12(7-11)14(18)19/h1-7,16H,8H2,(H,18,19). The number of carbonyl (C=O) groups is 1. The first kappa shape index (κ1) is 14.8. The summed E-state index contributed by atoms with van der Waals surface area (Å²) < 4.78 is 0. The minimum Gasteiger partial charge on any atom is -0.477 e. The molecule has 0 heterocycles. The first-order chi connectivity index (χ1) is 9.97. The third-order valence-electron chi connectivity index (χ3n) is 2.83. The van der Waals surface area contributed by atoms with E-state index in [9.17, 15) is 14.9 Å². The smallest absolute Gasteiger partial charge is 0.342 e. The van der Waals surface area contributed by atoms with Gasteiger partial charge in [-0.25, -0.2) is 4.79 Å². The zero-order chi connectivity index (χ0) is 15.4. The maximum Gasteiger partial charge on any atom is 0.342 e. The number of carboxylic acids is 1. The Balaban J connectivity index is 2.17. The van der Waals surface area contributed by atoms with E-state index < -0.39 is 16.6 Å². The van der Waals surface area contributed by atoms with Crippen LogP contribution in [0, 0.1) is 10.1 Å². The monoisotopic (exact) mass is 306 g/mol. The van der Waals surface area contributed by atoms with Gasteiger partial charge in [-0.15, -0.1) is 0 Å². The fourth-order valence-electron chi connectivity index (χ4n) is 1.78. The Kier molecular flexibility index (Phi) is 4.39. The van der Waals surface area contributed by atoms with Gasteiger partial charge < -0.3 is 10.4 Å². The molecule has 2 aromatic rings. The lowest BCUT2D eigenvalue weighted by atomic mass is 10.1. The maximum atomic E-state index is 11.0. The first-order valence-electron chi connectivity index (χ1n) is 5.97. The van der Waals surface area contributed by atoms with Crippen LogP contribution in [0.15, 0.2) is 42.5 Å². The summed E-state index contributed by atoms with van der Waals surface area (Å²) in [5.41, 5.74) is 0.670. The molecule has 6 nitrogen and oxygen atoms in total.